The maximum Gasteiger partial charge on any atom is 0.107 e. The van der Waals surface area contributed by atoms with E-state index >= 15 is 0 Å². The van der Waals surface area contributed by atoms with E-state index in [9.17, 15) is 0 Å². The molecular formula is C6H8BCl. The lowest BCUT2D eigenvalue weighted by Crippen LogP contribution is -2.02. The van der Waals surface area contributed by atoms with E-state index in [4.69, 9.17) is 19.4 Å². The first-order chi connectivity index (χ1) is 3.79. The van der Waals surface area contributed by atoms with E-state index in [0.717, 1.165) is 24.7 Å². The zero-order chi connectivity index (χ0) is 5.98. The van der Waals surface area contributed by atoms with E-state index in [1.54, 1.807) is 0 Å². The lowest BCUT2D eigenvalue weighted by molar-refractivity contribution is 0.727. The van der Waals surface area contributed by atoms with Crippen LogP contribution in [0.5, 0.6) is 0 Å². The highest BCUT2D eigenvalue weighted by molar-refractivity contribution is 6.25. The van der Waals surface area contributed by atoms with Crippen LogP contribution in [-0.4, -0.2) is 13.2 Å². The number of alkyl halides is 1. The summed E-state index contributed by atoms with van der Waals surface area (Å²) in [6.45, 7) is 0. The summed E-state index contributed by atoms with van der Waals surface area (Å²) in [5, 5.41) is 0.198. The Morgan fingerprint density at radius 3 is 2.88 bits per heavy atom. The van der Waals surface area contributed by atoms with Gasteiger partial charge in [0.15, 0.2) is 0 Å². The zero-order valence-corrected chi connectivity index (χ0v) is 5.49. The third-order valence-corrected chi connectivity index (χ3v) is 1.68. The SMILES string of the molecule is [B]C1=CC(Cl)CCC1. The van der Waals surface area contributed by atoms with Gasteiger partial charge in [0, 0.05) is 0 Å². The predicted octanol–water partition coefficient (Wildman–Crippen LogP) is 1.83. The minimum atomic E-state index is 0.198. The Morgan fingerprint density at radius 1 is 1.75 bits per heavy atom. The van der Waals surface area contributed by atoms with Crippen molar-refractivity contribution in [3.05, 3.63) is 11.5 Å². The fourth-order valence-corrected chi connectivity index (χ4v) is 1.22. The Balaban J connectivity index is 2.50. The molecule has 0 heterocycles. The molecule has 0 amide bonds. The topological polar surface area (TPSA) is 0 Å². The third-order valence-electron chi connectivity index (χ3n) is 1.34. The molecule has 0 aliphatic heterocycles. The molecule has 0 aromatic rings. The highest BCUT2D eigenvalue weighted by Gasteiger charge is 2.05. The Morgan fingerprint density at radius 2 is 2.50 bits per heavy atom. The normalized spacial score (nSPS) is 29.6. The number of hydrogen-bond donors (Lipinski definition) is 0. The monoisotopic (exact) mass is 126 g/mol. The predicted molar refractivity (Wildman–Crippen MR) is 37.3 cm³/mol. The van der Waals surface area contributed by atoms with E-state index in [0.29, 0.717) is 0 Å². The smallest absolute Gasteiger partial charge is 0.107 e. The van der Waals surface area contributed by atoms with E-state index < -0.39 is 0 Å². The minimum absolute atomic E-state index is 0.198. The van der Waals surface area contributed by atoms with Crippen LogP contribution in [0.2, 0.25) is 0 Å². The van der Waals surface area contributed by atoms with Crippen molar-refractivity contribution in [1.82, 2.24) is 0 Å². The number of allylic oxidation sites excluding steroid dienone is 2. The molecule has 0 saturated carbocycles. The fourth-order valence-electron chi connectivity index (χ4n) is 0.900. The van der Waals surface area contributed by atoms with Crippen LogP contribution in [0.25, 0.3) is 0 Å². The van der Waals surface area contributed by atoms with E-state index in [1.165, 1.54) is 0 Å². The van der Waals surface area contributed by atoms with Crippen molar-refractivity contribution in [3.63, 3.8) is 0 Å². The first kappa shape index (κ1) is 6.22. The van der Waals surface area contributed by atoms with Crippen LogP contribution in [0.3, 0.4) is 0 Å². The lowest BCUT2D eigenvalue weighted by Gasteiger charge is -2.12. The molecular weight excluding hydrogens is 118 g/mol. The van der Waals surface area contributed by atoms with E-state index in [-0.39, 0.29) is 5.38 Å². The third kappa shape index (κ3) is 1.55. The van der Waals surface area contributed by atoms with Gasteiger partial charge in [-0.25, -0.2) is 0 Å². The molecule has 0 spiro atoms. The summed E-state index contributed by atoms with van der Waals surface area (Å²) in [4.78, 5) is 0. The van der Waals surface area contributed by atoms with E-state index in [1.807, 2.05) is 6.08 Å². The Labute approximate surface area is 56.3 Å². The van der Waals surface area contributed by atoms with Crippen molar-refractivity contribution in [2.45, 2.75) is 24.6 Å². The average molecular weight is 126 g/mol. The van der Waals surface area contributed by atoms with Crippen LogP contribution in [0.4, 0.5) is 0 Å². The van der Waals surface area contributed by atoms with Gasteiger partial charge in [-0.3, -0.25) is 0 Å². The van der Waals surface area contributed by atoms with Gasteiger partial charge in [-0.1, -0.05) is 6.08 Å². The van der Waals surface area contributed by atoms with Crippen molar-refractivity contribution in [1.29, 1.82) is 0 Å². The molecule has 2 heteroatoms. The van der Waals surface area contributed by atoms with Crippen LogP contribution in [0, 0.1) is 0 Å². The average Bonchev–Trinajstić information content (AvgIpc) is 1.64. The van der Waals surface area contributed by atoms with Gasteiger partial charge in [0.05, 0.1) is 5.38 Å². The highest BCUT2D eigenvalue weighted by Crippen LogP contribution is 2.18. The van der Waals surface area contributed by atoms with Crippen molar-refractivity contribution in [2.24, 2.45) is 0 Å². The van der Waals surface area contributed by atoms with E-state index in [2.05, 4.69) is 0 Å². The number of rotatable bonds is 0. The quantitative estimate of drug-likeness (QED) is 0.343. The maximum absolute atomic E-state index is 5.76. The second-order valence-electron chi connectivity index (χ2n) is 2.15. The summed E-state index contributed by atoms with van der Waals surface area (Å²) < 4.78 is 0. The summed E-state index contributed by atoms with van der Waals surface area (Å²) in [5.41, 5.74) is 0.955. The number of halogens is 1. The molecule has 8 heavy (non-hydrogen) atoms. The first-order valence-electron chi connectivity index (χ1n) is 2.89. The Bertz CT molecular complexity index is 109. The lowest BCUT2D eigenvalue weighted by atomic mass is 9.85. The summed E-state index contributed by atoms with van der Waals surface area (Å²) in [6.07, 6.45) is 5.20. The molecule has 0 aromatic heterocycles. The molecule has 42 valence electrons. The minimum Gasteiger partial charge on any atom is -0.120 e. The molecule has 0 saturated heterocycles. The molecule has 1 unspecified atom stereocenters. The summed E-state index contributed by atoms with van der Waals surface area (Å²) in [5.74, 6) is 0. The van der Waals surface area contributed by atoms with Crippen LogP contribution >= 0.6 is 11.6 Å². The molecule has 1 aliphatic carbocycles. The largest absolute Gasteiger partial charge is 0.120 e. The van der Waals surface area contributed by atoms with Crippen LogP contribution in [-0.2, 0) is 0 Å². The second kappa shape index (κ2) is 2.59. The molecule has 0 N–H and O–H groups in total. The fraction of sp³-hybridized carbons (Fsp3) is 0.667. The molecule has 2 radical (unpaired) electrons. The zero-order valence-electron chi connectivity index (χ0n) is 4.73. The maximum atomic E-state index is 5.76. The summed E-state index contributed by atoms with van der Waals surface area (Å²) in [7, 11) is 5.50. The van der Waals surface area contributed by atoms with Gasteiger partial charge in [-0.05, 0) is 19.3 Å². The van der Waals surface area contributed by atoms with Gasteiger partial charge < -0.3 is 0 Å². The van der Waals surface area contributed by atoms with Gasteiger partial charge in [-0.15, -0.1) is 17.1 Å². The van der Waals surface area contributed by atoms with Gasteiger partial charge in [0.25, 0.3) is 0 Å². The molecule has 0 nitrogen and oxygen atoms in total. The van der Waals surface area contributed by atoms with Crippen LogP contribution in [0.15, 0.2) is 11.5 Å². The molecule has 1 atom stereocenters. The van der Waals surface area contributed by atoms with Crippen LogP contribution < -0.4 is 0 Å². The van der Waals surface area contributed by atoms with Gasteiger partial charge in [0.1, 0.15) is 7.85 Å². The summed E-state index contributed by atoms with van der Waals surface area (Å²) in [6, 6.07) is 0. The van der Waals surface area contributed by atoms with Crippen molar-refractivity contribution < 1.29 is 0 Å². The molecule has 1 rings (SSSR count). The Kier molecular flexibility index (Phi) is 2.01. The molecule has 0 bridgehead atoms. The highest BCUT2D eigenvalue weighted by atomic mass is 35.5. The standard InChI is InChI=1S/C6H8BCl/c7-5-2-1-3-6(8)4-5/h4,6H,1-3H2. The molecule has 0 aromatic carbocycles. The molecule has 0 fully saturated rings. The Hall–Kier alpha value is 0.0949. The summed E-state index contributed by atoms with van der Waals surface area (Å²) >= 11 is 5.76. The van der Waals surface area contributed by atoms with Gasteiger partial charge in [0.2, 0.25) is 0 Å². The van der Waals surface area contributed by atoms with Gasteiger partial charge >= 0.3 is 0 Å². The van der Waals surface area contributed by atoms with Crippen molar-refractivity contribution in [3.8, 4) is 0 Å². The van der Waals surface area contributed by atoms with Crippen molar-refractivity contribution in [2.75, 3.05) is 0 Å². The van der Waals surface area contributed by atoms with Crippen LogP contribution in [0.1, 0.15) is 19.3 Å². The molecule has 1 aliphatic rings. The van der Waals surface area contributed by atoms with Gasteiger partial charge in [-0.2, -0.15) is 0 Å². The first-order valence-corrected chi connectivity index (χ1v) is 3.33. The second-order valence-corrected chi connectivity index (χ2v) is 2.71. The van der Waals surface area contributed by atoms with Crippen molar-refractivity contribution >= 4 is 19.4 Å². The number of hydrogen-bond acceptors (Lipinski definition) is 0.